The van der Waals surface area contributed by atoms with E-state index in [1.54, 1.807) is 31.2 Å². The fourth-order valence-electron chi connectivity index (χ4n) is 3.79. The fourth-order valence-corrected chi connectivity index (χ4v) is 3.79. The van der Waals surface area contributed by atoms with Gasteiger partial charge < -0.3 is 14.9 Å². The topological polar surface area (TPSA) is 66.8 Å². The third-order valence-corrected chi connectivity index (χ3v) is 5.37. The van der Waals surface area contributed by atoms with Crippen molar-refractivity contribution in [2.45, 2.75) is 13.5 Å². The molecule has 4 heteroatoms. The van der Waals surface area contributed by atoms with Gasteiger partial charge >= 0.3 is 5.97 Å². The second kappa shape index (κ2) is 8.00. The molecule has 0 bridgehead atoms. The van der Waals surface area contributed by atoms with Gasteiger partial charge in [-0.25, -0.2) is 4.79 Å². The molecular weight excluding hydrogens is 388 g/mol. The van der Waals surface area contributed by atoms with Crippen LogP contribution in [0.4, 0.5) is 0 Å². The lowest BCUT2D eigenvalue weighted by Gasteiger charge is -2.15. The Kier molecular flexibility index (Phi) is 5.22. The smallest absolute Gasteiger partial charge is 0.333 e. The predicted molar refractivity (Wildman–Crippen MR) is 125 cm³/mol. The van der Waals surface area contributed by atoms with Crippen LogP contribution in [0.5, 0.6) is 11.5 Å². The highest BCUT2D eigenvalue weighted by atomic mass is 16.5. The molecule has 2 N–H and O–H groups in total. The van der Waals surface area contributed by atoms with Crippen LogP contribution in [0.25, 0.3) is 38.7 Å². The zero-order valence-electron chi connectivity index (χ0n) is 17.2. The third-order valence-electron chi connectivity index (χ3n) is 5.37. The van der Waals surface area contributed by atoms with E-state index in [-0.39, 0.29) is 18.1 Å². The molecule has 4 rings (SSSR count). The molecule has 154 valence electrons. The zero-order chi connectivity index (χ0) is 22.1. The predicted octanol–water partition coefficient (Wildman–Crippen LogP) is 6.33. The first-order chi connectivity index (χ1) is 14.9. The average molecular weight is 410 g/mol. The molecule has 0 unspecified atom stereocenters. The van der Waals surface area contributed by atoms with E-state index in [2.05, 4.69) is 13.2 Å². The normalized spacial score (nSPS) is 10.9. The second-order valence-corrected chi connectivity index (χ2v) is 7.47. The number of carbonyl (C=O) groups excluding carboxylic acids is 1. The van der Waals surface area contributed by atoms with Crippen molar-refractivity contribution >= 4 is 33.6 Å². The number of hydrogen-bond donors (Lipinski definition) is 2. The van der Waals surface area contributed by atoms with Crippen molar-refractivity contribution in [1.82, 2.24) is 0 Å². The Morgan fingerprint density at radius 3 is 2.35 bits per heavy atom. The summed E-state index contributed by atoms with van der Waals surface area (Å²) in [5.41, 5.74) is 3.66. The molecule has 4 aromatic carbocycles. The highest BCUT2D eigenvalue weighted by Crippen LogP contribution is 2.39. The van der Waals surface area contributed by atoms with Crippen LogP contribution in [-0.2, 0) is 16.1 Å². The Hall–Kier alpha value is -4.05. The van der Waals surface area contributed by atoms with Crippen LogP contribution in [0.1, 0.15) is 18.1 Å². The maximum Gasteiger partial charge on any atom is 0.333 e. The summed E-state index contributed by atoms with van der Waals surface area (Å²) >= 11 is 0. The number of aromatic hydroxyl groups is 2. The van der Waals surface area contributed by atoms with E-state index in [0.29, 0.717) is 11.0 Å². The molecule has 0 atom stereocenters. The fraction of sp³-hybridized carbons (Fsp3) is 0.0741. The summed E-state index contributed by atoms with van der Waals surface area (Å²) in [6.07, 6.45) is 1.78. The number of benzene rings is 4. The van der Waals surface area contributed by atoms with E-state index in [9.17, 15) is 15.0 Å². The highest BCUT2D eigenvalue weighted by Gasteiger charge is 2.14. The monoisotopic (exact) mass is 410 g/mol. The average Bonchev–Trinajstić information content (AvgIpc) is 2.78. The first-order valence-corrected chi connectivity index (χ1v) is 9.85. The number of esters is 1. The highest BCUT2D eigenvalue weighted by molar-refractivity contribution is 6.02. The number of fused-ring (bicyclic) bond motifs is 2. The molecule has 0 fully saturated rings. The largest absolute Gasteiger partial charge is 0.507 e. The van der Waals surface area contributed by atoms with E-state index in [4.69, 9.17) is 4.74 Å². The Labute approximate surface area is 180 Å². The van der Waals surface area contributed by atoms with Gasteiger partial charge in [0, 0.05) is 16.3 Å². The van der Waals surface area contributed by atoms with Crippen molar-refractivity contribution in [1.29, 1.82) is 0 Å². The van der Waals surface area contributed by atoms with Crippen molar-refractivity contribution in [2.75, 3.05) is 0 Å². The molecule has 0 radical (unpaired) electrons. The van der Waals surface area contributed by atoms with Gasteiger partial charge in [-0.3, -0.25) is 0 Å². The molecule has 0 aromatic heterocycles. The van der Waals surface area contributed by atoms with Crippen LogP contribution in [0.3, 0.4) is 0 Å². The van der Waals surface area contributed by atoms with Crippen molar-refractivity contribution in [3.63, 3.8) is 0 Å². The van der Waals surface area contributed by atoms with Gasteiger partial charge in [-0.1, -0.05) is 61.7 Å². The Bertz CT molecular complexity index is 1370. The number of phenolic OH excluding ortho intramolecular Hbond substituents is 2. The number of hydrogen-bond acceptors (Lipinski definition) is 4. The van der Waals surface area contributed by atoms with Crippen molar-refractivity contribution in [2.24, 2.45) is 0 Å². The molecular formula is C27H22O4. The molecule has 4 nitrogen and oxygen atoms in total. The summed E-state index contributed by atoms with van der Waals surface area (Å²) in [6.45, 7) is 9.23. The number of carbonyl (C=O) groups is 1. The molecule has 0 saturated carbocycles. The number of phenols is 2. The van der Waals surface area contributed by atoms with Gasteiger partial charge in [0.2, 0.25) is 0 Å². The summed E-state index contributed by atoms with van der Waals surface area (Å²) in [4.78, 5) is 11.8. The zero-order valence-corrected chi connectivity index (χ0v) is 17.2. The second-order valence-electron chi connectivity index (χ2n) is 7.47. The molecule has 0 spiro atoms. The Morgan fingerprint density at radius 2 is 1.65 bits per heavy atom. The molecule has 0 amide bonds. The van der Waals surface area contributed by atoms with Gasteiger partial charge in [0.15, 0.2) is 0 Å². The molecule has 31 heavy (non-hydrogen) atoms. The van der Waals surface area contributed by atoms with Crippen LogP contribution < -0.4 is 0 Å². The van der Waals surface area contributed by atoms with Gasteiger partial charge in [-0.15, -0.1) is 0 Å². The van der Waals surface area contributed by atoms with Crippen molar-refractivity contribution in [3.8, 4) is 22.6 Å². The third kappa shape index (κ3) is 3.64. The maximum absolute atomic E-state index is 11.8. The van der Waals surface area contributed by atoms with Crippen LogP contribution in [-0.4, -0.2) is 16.2 Å². The van der Waals surface area contributed by atoms with E-state index in [0.717, 1.165) is 38.4 Å². The molecule has 0 aliphatic carbocycles. The maximum atomic E-state index is 11.8. The van der Waals surface area contributed by atoms with Crippen molar-refractivity contribution < 1.29 is 19.7 Å². The van der Waals surface area contributed by atoms with Crippen LogP contribution in [0.15, 0.2) is 79.4 Å². The SMILES string of the molecule is C=Cc1c(-c2ccc3c(O)ccc(COC(=O)C(=C)C)c3c2)cc(O)c2ccccc12. The summed E-state index contributed by atoms with van der Waals surface area (Å²) in [5.74, 6) is -0.143. The lowest BCUT2D eigenvalue weighted by atomic mass is 9.91. The minimum atomic E-state index is -0.467. The van der Waals surface area contributed by atoms with Gasteiger partial charge in [-0.2, -0.15) is 0 Å². The minimum absolute atomic E-state index is 0.0587. The molecule has 4 aromatic rings. The van der Waals surface area contributed by atoms with Gasteiger partial charge in [-0.05, 0) is 58.1 Å². The standard InChI is InChI=1S/C27H22O4/c1-4-19-20-7-5-6-8-21(20)26(29)14-24(19)17-9-11-22-23(13-17)18(10-12-25(22)28)15-31-27(30)16(2)3/h4-14,28-29H,1-2,15H2,3H3. The summed E-state index contributed by atoms with van der Waals surface area (Å²) in [5, 5.41) is 24.0. The molecule has 0 heterocycles. The summed E-state index contributed by atoms with van der Waals surface area (Å²) in [6, 6.07) is 18.3. The van der Waals surface area contributed by atoms with Crippen LogP contribution >= 0.6 is 0 Å². The van der Waals surface area contributed by atoms with Gasteiger partial charge in [0.25, 0.3) is 0 Å². The molecule has 0 aliphatic rings. The minimum Gasteiger partial charge on any atom is -0.507 e. The van der Waals surface area contributed by atoms with E-state index >= 15 is 0 Å². The summed E-state index contributed by atoms with van der Waals surface area (Å²) < 4.78 is 5.33. The van der Waals surface area contributed by atoms with E-state index < -0.39 is 5.97 Å². The lowest BCUT2D eigenvalue weighted by Crippen LogP contribution is -2.05. The first kappa shape index (κ1) is 20.2. The number of ether oxygens (including phenoxy) is 1. The molecule has 0 saturated heterocycles. The number of rotatable bonds is 5. The van der Waals surface area contributed by atoms with Gasteiger partial charge in [0.05, 0.1) is 0 Å². The summed E-state index contributed by atoms with van der Waals surface area (Å²) in [7, 11) is 0. The molecule has 0 aliphatic heterocycles. The van der Waals surface area contributed by atoms with Crippen LogP contribution in [0.2, 0.25) is 0 Å². The van der Waals surface area contributed by atoms with Gasteiger partial charge in [0.1, 0.15) is 18.1 Å². The van der Waals surface area contributed by atoms with Crippen LogP contribution in [0, 0.1) is 0 Å². The lowest BCUT2D eigenvalue weighted by molar-refractivity contribution is -0.140. The van der Waals surface area contributed by atoms with Crippen molar-refractivity contribution in [3.05, 3.63) is 90.5 Å². The quantitative estimate of drug-likeness (QED) is 0.298. The van der Waals surface area contributed by atoms with E-state index in [1.807, 2.05) is 42.5 Å². The Morgan fingerprint density at radius 1 is 0.935 bits per heavy atom. The van der Waals surface area contributed by atoms with E-state index in [1.165, 1.54) is 0 Å². The Balaban J connectivity index is 1.90. The first-order valence-electron chi connectivity index (χ1n) is 9.85.